The van der Waals surface area contributed by atoms with Crippen LogP contribution in [-0.4, -0.2) is 71.0 Å². The van der Waals surface area contributed by atoms with E-state index in [1.165, 1.54) is 16.2 Å². The van der Waals surface area contributed by atoms with Crippen molar-refractivity contribution in [2.24, 2.45) is 0 Å². The predicted octanol–water partition coefficient (Wildman–Crippen LogP) is 3.91. The van der Waals surface area contributed by atoms with E-state index in [4.69, 9.17) is 33.5 Å². The Kier molecular flexibility index (Phi) is 7.80. The largest absolute Gasteiger partial charge is 0.385 e. The van der Waals surface area contributed by atoms with Gasteiger partial charge in [0.05, 0.1) is 10.5 Å². The van der Waals surface area contributed by atoms with E-state index in [0.29, 0.717) is 63.9 Å². The summed E-state index contributed by atoms with van der Waals surface area (Å²) in [5.74, 6) is 0.381. The van der Waals surface area contributed by atoms with E-state index in [1.807, 2.05) is 36.4 Å². The molecular formula is C26H26ClN5O3S2. The SMILES string of the molecule is COCCCN1C(=O)/C(=C\c2c(N3CCN(c4cccc(Cl)c4)CC3)nc3ccccn3c2=O)SC1=S. The minimum Gasteiger partial charge on any atom is -0.385 e. The number of piperazine rings is 1. The van der Waals surface area contributed by atoms with E-state index >= 15 is 0 Å². The molecule has 11 heteroatoms. The average Bonchev–Trinajstić information content (AvgIpc) is 3.18. The lowest BCUT2D eigenvalue weighted by Gasteiger charge is -2.37. The Hall–Kier alpha value is -2.92. The lowest BCUT2D eigenvalue weighted by atomic mass is 10.2. The van der Waals surface area contributed by atoms with Crippen LogP contribution in [0, 0.1) is 0 Å². The molecular weight excluding hydrogens is 530 g/mol. The highest BCUT2D eigenvalue weighted by Gasteiger charge is 2.33. The summed E-state index contributed by atoms with van der Waals surface area (Å²) in [5, 5.41) is 0.700. The van der Waals surface area contributed by atoms with Gasteiger partial charge in [0.1, 0.15) is 15.8 Å². The van der Waals surface area contributed by atoms with E-state index in [2.05, 4.69) is 9.80 Å². The van der Waals surface area contributed by atoms with E-state index in [1.54, 1.807) is 30.3 Å². The first-order valence-corrected chi connectivity index (χ1v) is 13.6. The summed E-state index contributed by atoms with van der Waals surface area (Å²) in [6.45, 7) is 3.84. The highest BCUT2D eigenvalue weighted by molar-refractivity contribution is 8.26. The number of hydrogen-bond acceptors (Lipinski definition) is 8. The Morgan fingerprint density at radius 2 is 1.89 bits per heavy atom. The van der Waals surface area contributed by atoms with Crippen LogP contribution in [0.3, 0.4) is 0 Å². The van der Waals surface area contributed by atoms with Gasteiger partial charge >= 0.3 is 0 Å². The number of amides is 1. The number of pyridine rings is 1. The molecule has 192 valence electrons. The molecule has 37 heavy (non-hydrogen) atoms. The van der Waals surface area contributed by atoms with Crippen LogP contribution in [0.25, 0.3) is 11.7 Å². The smallest absolute Gasteiger partial charge is 0.267 e. The molecule has 0 unspecified atom stereocenters. The van der Waals surface area contributed by atoms with Gasteiger partial charge in [-0.3, -0.25) is 18.9 Å². The second-order valence-electron chi connectivity index (χ2n) is 8.72. The molecule has 1 amide bonds. The Balaban J connectivity index is 1.47. The summed E-state index contributed by atoms with van der Waals surface area (Å²) in [6, 6.07) is 13.3. The number of carbonyl (C=O) groups excluding carboxylic acids is 1. The van der Waals surface area contributed by atoms with Crippen LogP contribution in [0.1, 0.15) is 12.0 Å². The number of ether oxygens (including phenoxy) is 1. The van der Waals surface area contributed by atoms with Crippen molar-refractivity contribution >= 4 is 69.0 Å². The van der Waals surface area contributed by atoms with Crippen molar-refractivity contribution in [2.45, 2.75) is 6.42 Å². The number of anilines is 2. The van der Waals surface area contributed by atoms with Gasteiger partial charge in [-0.2, -0.15) is 0 Å². The van der Waals surface area contributed by atoms with E-state index in [-0.39, 0.29) is 11.5 Å². The fourth-order valence-corrected chi connectivity index (χ4v) is 5.97. The quantitative estimate of drug-likeness (QED) is 0.247. The molecule has 0 aliphatic carbocycles. The average molecular weight is 556 g/mol. The van der Waals surface area contributed by atoms with Crippen LogP contribution in [0.2, 0.25) is 5.02 Å². The van der Waals surface area contributed by atoms with Crippen molar-refractivity contribution in [1.29, 1.82) is 0 Å². The summed E-state index contributed by atoms with van der Waals surface area (Å²) in [6.07, 6.45) is 4.03. The van der Waals surface area contributed by atoms with E-state index in [0.717, 1.165) is 18.8 Å². The maximum atomic E-state index is 13.6. The Morgan fingerprint density at radius 1 is 1.11 bits per heavy atom. The van der Waals surface area contributed by atoms with Gasteiger partial charge in [0.2, 0.25) is 0 Å². The normalized spacial score (nSPS) is 17.5. The Labute approximate surface area is 229 Å². The molecule has 2 saturated heterocycles. The molecule has 2 aromatic heterocycles. The molecule has 0 saturated carbocycles. The number of methoxy groups -OCH3 is 1. The molecule has 4 heterocycles. The summed E-state index contributed by atoms with van der Waals surface area (Å²) in [5.41, 5.74) is 1.79. The highest BCUT2D eigenvalue weighted by atomic mass is 35.5. The van der Waals surface area contributed by atoms with Crippen LogP contribution >= 0.6 is 35.6 Å². The second kappa shape index (κ2) is 11.2. The molecule has 0 atom stereocenters. The maximum Gasteiger partial charge on any atom is 0.267 e. The number of halogens is 1. The molecule has 2 fully saturated rings. The number of aromatic nitrogens is 2. The van der Waals surface area contributed by atoms with E-state index < -0.39 is 0 Å². The zero-order chi connectivity index (χ0) is 25.9. The first-order chi connectivity index (χ1) is 18.0. The third kappa shape index (κ3) is 5.38. The van der Waals surface area contributed by atoms with Gasteiger partial charge in [0.15, 0.2) is 0 Å². The van der Waals surface area contributed by atoms with E-state index in [9.17, 15) is 9.59 Å². The van der Waals surface area contributed by atoms with Gasteiger partial charge in [-0.1, -0.05) is 47.7 Å². The topological polar surface area (TPSA) is 70.4 Å². The molecule has 5 rings (SSSR count). The summed E-state index contributed by atoms with van der Waals surface area (Å²) >= 11 is 12.9. The molecule has 0 bridgehead atoms. The number of rotatable bonds is 7. The molecule has 2 aliphatic heterocycles. The summed E-state index contributed by atoms with van der Waals surface area (Å²) in [7, 11) is 1.63. The van der Waals surface area contributed by atoms with Crippen molar-refractivity contribution in [3.05, 3.63) is 74.5 Å². The fourth-order valence-electron chi connectivity index (χ4n) is 4.50. The van der Waals surface area contributed by atoms with Gasteiger partial charge in [-0.05, 0) is 42.8 Å². The van der Waals surface area contributed by atoms with Crippen molar-refractivity contribution in [3.8, 4) is 0 Å². The minimum absolute atomic E-state index is 0.194. The molecule has 0 spiro atoms. The second-order valence-corrected chi connectivity index (χ2v) is 10.8. The Bertz CT molecular complexity index is 1440. The van der Waals surface area contributed by atoms with Crippen molar-refractivity contribution in [3.63, 3.8) is 0 Å². The predicted molar refractivity (Wildman–Crippen MR) is 154 cm³/mol. The van der Waals surface area contributed by atoms with Crippen LogP contribution in [-0.2, 0) is 9.53 Å². The first-order valence-electron chi connectivity index (χ1n) is 12.0. The van der Waals surface area contributed by atoms with Crippen LogP contribution in [0.15, 0.2) is 58.4 Å². The minimum atomic E-state index is -0.220. The van der Waals surface area contributed by atoms with Crippen molar-refractivity contribution < 1.29 is 9.53 Å². The molecule has 0 N–H and O–H groups in total. The number of hydrogen-bond donors (Lipinski definition) is 0. The number of benzene rings is 1. The summed E-state index contributed by atoms with van der Waals surface area (Å²) < 4.78 is 7.10. The van der Waals surface area contributed by atoms with Crippen molar-refractivity contribution in [2.75, 3.05) is 56.2 Å². The third-order valence-corrected chi connectivity index (χ3v) is 7.99. The maximum absolute atomic E-state index is 13.6. The standard InChI is InChI=1S/C26H26ClN5O3S2/c1-35-15-5-10-32-25(34)21(37-26(32)36)17-20-23(28-22-8-2-3-9-31(22)24(20)33)30-13-11-29(12-14-30)19-7-4-6-18(27)16-19/h2-4,6-9,16-17H,5,10-15H2,1H3/b21-17+. The number of thiocarbonyl (C=S) groups is 1. The zero-order valence-electron chi connectivity index (χ0n) is 20.3. The Morgan fingerprint density at radius 3 is 2.65 bits per heavy atom. The number of nitrogens with zero attached hydrogens (tertiary/aromatic N) is 5. The van der Waals surface area contributed by atoms with Crippen LogP contribution in [0.4, 0.5) is 11.5 Å². The molecule has 8 nitrogen and oxygen atoms in total. The highest BCUT2D eigenvalue weighted by Crippen LogP contribution is 2.34. The molecule has 2 aliphatic rings. The van der Waals surface area contributed by atoms with Gasteiger partial charge in [0, 0.05) is 63.3 Å². The summed E-state index contributed by atoms with van der Waals surface area (Å²) in [4.78, 5) is 38.0. The van der Waals surface area contributed by atoms with Crippen molar-refractivity contribution in [1.82, 2.24) is 14.3 Å². The van der Waals surface area contributed by atoms with Crippen LogP contribution < -0.4 is 15.4 Å². The number of carbonyl (C=O) groups is 1. The lowest BCUT2D eigenvalue weighted by Crippen LogP contribution is -2.47. The number of fused-ring (bicyclic) bond motifs is 1. The van der Waals surface area contributed by atoms with Gasteiger partial charge in [0.25, 0.3) is 11.5 Å². The zero-order valence-corrected chi connectivity index (χ0v) is 22.7. The van der Waals surface area contributed by atoms with Crippen LogP contribution in [0.5, 0.6) is 0 Å². The van der Waals surface area contributed by atoms with Gasteiger partial charge in [-0.25, -0.2) is 4.98 Å². The van der Waals surface area contributed by atoms with Gasteiger partial charge in [-0.15, -0.1) is 0 Å². The molecule has 1 aromatic carbocycles. The van der Waals surface area contributed by atoms with Gasteiger partial charge < -0.3 is 14.5 Å². The fraction of sp³-hybridized carbons (Fsp3) is 0.308. The molecule has 3 aromatic rings. The third-order valence-electron chi connectivity index (χ3n) is 6.38. The number of thioether (sulfide) groups is 1. The monoisotopic (exact) mass is 555 g/mol. The lowest BCUT2D eigenvalue weighted by molar-refractivity contribution is -0.122. The molecule has 0 radical (unpaired) electrons. The first kappa shape index (κ1) is 25.7.